The van der Waals surface area contributed by atoms with Crippen molar-refractivity contribution in [2.24, 2.45) is 0 Å². The van der Waals surface area contributed by atoms with E-state index < -0.39 is 37.5 Å². The smallest absolute Gasteiger partial charge is 0.248 e. The molecule has 6 heteroatoms. The second-order valence-electron chi connectivity index (χ2n) is 2.62. The first-order chi connectivity index (χ1) is 5.87. The summed E-state index contributed by atoms with van der Waals surface area (Å²) in [6.07, 6.45) is -9.55. The first kappa shape index (κ1) is 12.6. The van der Waals surface area contributed by atoms with Gasteiger partial charge in [-0.15, -0.1) is 0 Å². The van der Waals surface area contributed by atoms with Gasteiger partial charge in [0.25, 0.3) is 0 Å². The van der Waals surface area contributed by atoms with Crippen LogP contribution in [-0.2, 0) is 0 Å². The SMILES string of the molecule is CCC(F)[C@H](F)C(F)(F)C(F)CF. The number of rotatable bonds is 5. The van der Waals surface area contributed by atoms with Crippen LogP contribution in [0.3, 0.4) is 0 Å². The summed E-state index contributed by atoms with van der Waals surface area (Å²) in [6, 6.07) is 0. The van der Waals surface area contributed by atoms with Gasteiger partial charge in [-0.2, -0.15) is 8.78 Å². The monoisotopic (exact) mass is 208 g/mol. The van der Waals surface area contributed by atoms with Crippen molar-refractivity contribution in [3.05, 3.63) is 0 Å². The van der Waals surface area contributed by atoms with E-state index in [1.54, 1.807) is 0 Å². The fourth-order valence-corrected chi connectivity index (χ4v) is 0.724. The van der Waals surface area contributed by atoms with Gasteiger partial charge < -0.3 is 0 Å². The van der Waals surface area contributed by atoms with Gasteiger partial charge >= 0.3 is 5.92 Å². The lowest BCUT2D eigenvalue weighted by atomic mass is 10.0. The van der Waals surface area contributed by atoms with Crippen molar-refractivity contribution in [2.75, 3.05) is 6.67 Å². The number of hydrogen-bond donors (Lipinski definition) is 0. The van der Waals surface area contributed by atoms with Crippen LogP contribution in [0.1, 0.15) is 13.3 Å². The number of hydrogen-bond acceptors (Lipinski definition) is 0. The van der Waals surface area contributed by atoms with Gasteiger partial charge in [-0.3, -0.25) is 0 Å². The fraction of sp³-hybridized carbons (Fsp3) is 1.00. The highest BCUT2D eigenvalue weighted by atomic mass is 19.3. The maximum atomic E-state index is 12.5. The minimum atomic E-state index is -4.59. The lowest BCUT2D eigenvalue weighted by molar-refractivity contribution is -0.150. The summed E-state index contributed by atoms with van der Waals surface area (Å²) in [5, 5.41) is 0. The summed E-state index contributed by atoms with van der Waals surface area (Å²) in [6.45, 7) is -0.889. The van der Waals surface area contributed by atoms with Crippen molar-refractivity contribution in [1.29, 1.82) is 0 Å². The summed E-state index contributed by atoms with van der Waals surface area (Å²) in [4.78, 5) is 0. The highest BCUT2D eigenvalue weighted by Gasteiger charge is 2.51. The van der Waals surface area contributed by atoms with Crippen molar-refractivity contribution in [1.82, 2.24) is 0 Å². The van der Waals surface area contributed by atoms with E-state index in [9.17, 15) is 26.3 Å². The molecule has 0 aromatic heterocycles. The number of halogens is 6. The highest BCUT2D eigenvalue weighted by molar-refractivity contribution is 4.88. The predicted octanol–water partition coefficient (Wildman–Crippen LogP) is 3.02. The molecule has 80 valence electrons. The van der Waals surface area contributed by atoms with Gasteiger partial charge in [0, 0.05) is 0 Å². The molecule has 0 nitrogen and oxygen atoms in total. The van der Waals surface area contributed by atoms with E-state index >= 15 is 0 Å². The Morgan fingerprint density at radius 3 is 1.92 bits per heavy atom. The lowest BCUT2D eigenvalue weighted by Gasteiger charge is -2.24. The second kappa shape index (κ2) is 4.72. The van der Waals surface area contributed by atoms with E-state index in [0.717, 1.165) is 6.92 Å². The van der Waals surface area contributed by atoms with Crippen LogP contribution in [0.15, 0.2) is 0 Å². The Kier molecular flexibility index (Phi) is 4.56. The predicted molar refractivity (Wildman–Crippen MR) is 35.9 cm³/mol. The molecule has 0 amide bonds. The van der Waals surface area contributed by atoms with Crippen LogP contribution in [0.4, 0.5) is 26.3 Å². The molecule has 3 atom stereocenters. The van der Waals surface area contributed by atoms with Crippen molar-refractivity contribution < 1.29 is 26.3 Å². The van der Waals surface area contributed by atoms with E-state index in [1.165, 1.54) is 0 Å². The van der Waals surface area contributed by atoms with Gasteiger partial charge in [0.1, 0.15) is 12.8 Å². The molecular formula is C7H10F6. The molecular weight excluding hydrogens is 198 g/mol. The Morgan fingerprint density at radius 2 is 1.62 bits per heavy atom. The van der Waals surface area contributed by atoms with Crippen LogP contribution in [-0.4, -0.2) is 31.1 Å². The Bertz CT molecular complexity index is 148. The van der Waals surface area contributed by atoms with Crippen LogP contribution in [0.2, 0.25) is 0 Å². The summed E-state index contributed by atoms with van der Waals surface area (Å²) < 4.78 is 73.3. The average molecular weight is 208 g/mol. The van der Waals surface area contributed by atoms with Crippen molar-refractivity contribution in [2.45, 2.75) is 37.8 Å². The van der Waals surface area contributed by atoms with Crippen molar-refractivity contribution in [3.63, 3.8) is 0 Å². The molecule has 0 saturated heterocycles. The van der Waals surface area contributed by atoms with Gasteiger partial charge in [0.15, 0.2) is 12.3 Å². The Morgan fingerprint density at radius 1 is 1.15 bits per heavy atom. The molecule has 0 fully saturated rings. The molecule has 0 aromatic rings. The van der Waals surface area contributed by atoms with E-state index in [4.69, 9.17) is 0 Å². The largest absolute Gasteiger partial charge is 0.314 e. The normalized spacial score (nSPS) is 19.6. The quantitative estimate of drug-likeness (QED) is 0.609. The molecule has 0 rings (SSSR count). The molecule has 0 aliphatic rings. The topological polar surface area (TPSA) is 0 Å². The zero-order valence-electron chi connectivity index (χ0n) is 6.91. The first-order valence-electron chi connectivity index (χ1n) is 3.73. The molecule has 2 unspecified atom stereocenters. The third kappa shape index (κ3) is 2.77. The molecule has 0 aliphatic carbocycles. The van der Waals surface area contributed by atoms with E-state index in [2.05, 4.69) is 0 Å². The first-order valence-corrected chi connectivity index (χ1v) is 3.73. The van der Waals surface area contributed by atoms with Gasteiger partial charge in [-0.25, -0.2) is 17.6 Å². The summed E-state index contributed by atoms with van der Waals surface area (Å²) in [5.74, 6) is -4.59. The van der Waals surface area contributed by atoms with Gasteiger partial charge in [-0.1, -0.05) is 6.92 Å². The van der Waals surface area contributed by atoms with Crippen molar-refractivity contribution >= 4 is 0 Å². The zero-order valence-corrected chi connectivity index (χ0v) is 6.91. The van der Waals surface area contributed by atoms with E-state index in [1.807, 2.05) is 0 Å². The molecule has 0 N–H and O–H groups in total. The van der Waals surface area contributed by atoms with E-state index in [0.29, 0.717) is 0 Å². The summed E-state index contributed by atoms with van der Waals surface area (Å²) in [5.41, 5.74) is 0. The second-order valence-corrected chi connectivity index (χ2v) is 2.62. The highest BCUT2D eigenvalue weighted by Crippen LogP contribution is 2.32. The van der Waals surface area contributed by atoms with Crippen LogP contribution >= 0.6 is 0 Å². The molecule has 0 spiro atoms. The zero-order chi connectivity index (χ0) is 10.6. The lowest BCUT2D eigenvalue weighted by Crippen LogP contribution is -2.45. The molecule has 0 aromatic carbocycles. The Hall–Kier alpha value is -0.420. The molecule has 0 bridgehead atoms. The average Bonchev–Trinajstić information content (AvgIpc) is 2.13. The summed E-state index contributed by atoms with van der Waals surface area (Å²) >= 11 is 0. The maximum absolute atomic E-state index is 12.5. The van der Waals surface area contributed by atoms with Crippen molar-refractivity contribution in [3.8, 4) is 0 Å². The van der Waals surface area contributed by atoms with Gasteiger partial charge in [0.2, 0.25) is 0 Å². The fourth-order valence-electron chi connectivity index (χ4n) is 0.724. The molecule has 0 saturated carbocycles. The van der Waals surface area contributed by atoms with Crippen LogP contribution in [0, 0.1) is 0 Å². The van der Waals surface area contributed by atoms with E-state index in [-0.39, 0.29) is 0 Å². The maximum Gasteiger partial charge on any atom is 0.314 e. The third-order valence-electron chi connectivity index (χ3n) is 1.63. The Balaban J connectivity index is 4.42. The standard InChI is InChI=1S/C7H10F6/c1-2-4(9)6(11)7(12,13)5(10)3-8/h4-6H,2-3H2,1H3/t4?,5?,6-/m0/s1. The minimum Gasteiger partial charge on any atom is -0.248 e. The van der Waals surface area contributed by atoms with Gasteiger partial charge in [-0.05, 0) is 6.42 Å². The number of alkyl halides is 6. The molecule has 0 radical (unpaired) electrons. The third-order valence-corrected chi connectivity index (χ3v) is 1.63. The molecule has 13 heavy (non-hydrogen) atoms. The van der Waals surface area contributed by atoms with Crippen LogP contribution in [0.25, 0.3) is 0 Å². The van der Waals surface area contributed by atoms with Crippen LogP contribution in [0.5, 0.6) is 0 Å². The summed E-state index contributed by atoms with van der Waals surface area (Å²) in [7, 11) is 0. The minimum absolute atomic E-state index is 0.504. The molecule has 0 heterocycles. The van der Waals surface area contributed by atoms with Crippen LogP contribution < -0.4 is 0 Å². The Labute approximate surface area is 71.9 Å². The van der Waals surface area contributed by atoms with Gasteiger partial charge in [0.05, 0.1) is 0 Å². The molecule has 0 aliphatic heterocycles.